The number of nitrogens with zero attached hydrogens (tertiary/aromatic N) is 1. The summed E-state index contributed by atoms with van der Waals surface area (Å²) in [6.45, 7) is 5.35. The van der Waals surface area contributed by atoms with E-state index in [1.54, 1.807) is 7.11 Å². The summed E-state index contributed by atoms with van der Waals surface area (Å²) in [5.74, 6) is 0. The van der Waals surface area contributed by atoms with Gasteiger partial charge in [0.25, 0.3) is 0 Å². The third kappa shape index (κ3) is 2.87. The van der Waals surface area contributed by atoms with Gasteiger partial charge in [-0.2, -0.15) is 0 Å². The molecule has 2 unspecified atom stereocenters. The van der Waals surface area contributed by atoms with Crippen LogP contribution in [0.4, 0.5) is 0 Å². The van der Waals surface area contributed by atoms with E-state index in [2.05, 4.69) is 19.2 Å². The van der Waals surface area contributed by atoms with Gasteiger partial charge in [-0.25, -0.2) is 4.98 Å². The van der Waals surface area contributed by atoms with Crippen LogP contribution >= 0.6 is 11.3 Å². The molecule has 0 fully saturated rings. The Morgan fingerprint density at radius 2 is 2.41 bits per heavy atom. The van der Waals surface area contributed by atoms with E-state index in [9.17, 15) is 0 Å². The molecule has 0 saturated heterocycles. The minimum Gasteiger partial charge on any atom is -0.375 e. The van der Waals surface area contributed by atoms with Crippen LogP contribution < -0.4 is 5.32 Å². The highest BCUT2D eigenvalue weighted by atomic mass is 32.1. The lowest BCUT2D eigenvalue weighted by Gasteiger charge is -2.22. The van der Waals surface area contributed by atoms with E-state index in [0.717, 1.165) is 11.6 Å². The molecule has 2 rings (SSSR count). The van der Waals surface area contributed by atoms with Crippen molar-refractivity contribution in [2.24, 2.45) is 0 Å². The Morgan fingerprint density at radius 3 is 3.12 bits per heavy atom. The molecule has 96 valence electrons. The van der Waals surface area contributed by atoms with E-state index in [0.29, 0.717) is 6.04 Å². The van der Waals surface area contributed by atoms with Crippen molar-refractivity contribution in [3.63, 3.8) is 0 Å². The normalized spacial score (nSPS) is 21.2. The van der Waals surface area contributed by atoms with Crippen molar-refractivity contribution < 1.29 is 4.74 Å². The van der Waals surface area contributed by atoms with E-state index in [4.69, 9.17) is 9.72 Å². The van der Waals surface area contributed by atoms with Gasteiger partial charge >= 0.3 is 0 Å². The molecular weight excluding hydrogens is 232 g/mol. The predicted octanol–water partition coefficient (Wildman–Crippen LogP) is 3.23. The lowest BCUT2D eigenvalue weighted by atomic mass is 9.97. The van der Waals surface area contributed by atoms with Crippen molar-refractivity contribution in [3.8, 4) is 0 Å². The summed E-state index contributed by atoms with van der Waals surface area (Å²) in [5.41, 5.74) is 1.29. The maximum absolute atomic E-state index is 5.36. The Hall–Kier alpha value is -0.450. The fourth-order valence-corrected chi connectivity index (χ4v) is 3.43. The second-order valence-electron chi connectivity index (χ2n) is 4.64. The molecule has 0 aliphatic heterocycles. The standard InChI is InChI=1S/C13H22N2OS/c1-4-8-14-10-6-5-7-11-12(10)15-13(17-11)9(2)16-3/h9-10,14H,4-8H2,1-3H3. The third-order valence-electron chi connectivity index (χ3n) is 3.31. The molecule has 4 heteroatoms. The molecule has 0 saturated carbocycles. The zero-order chi connectivity index (χ0) is 12.3. The summed E-state index contributed by atoms with van der Waals surface area (Å²) < 4.78 is 5.36. The van der Waals surface area contributed by atoms with Crippen LogP contribution in [0.25, 0.3) is 0 Å². The molecule has 1 aliphatic carbocycles. The predicted molar refractivity (Wildman–Crippen MR) is 71.5 cm³/mol. The molecule has 1 N–H and O–H groups in total. The van der Waals surface area contributed by atoms with Crippen molar-refractivity contribution in [1.82, 2.24) is 10.3 Å². The molecule has 1 aromatic rings. The Kier molecular flexibility index (Phi) is 4.54. The van der Waals surface area contributed by atoms with Gasteiger partial charge in [0.15, 0.2) is 0 Å². The highest BCUT2D eigenvalue weighted by molar-refractivity contribution is 7.11. The maximum Gasteiger partial charge on any atom is 0.122 e. The number of thiazole rings is 1. The van der Waals surface area contributed by atoms with Gasteiger partial charge in [0.1, 0.15) is 11.1 Å². The van der Waals surface area contributed by atoms with Crippen LogP contribution in [0.1, 0.15) is 60.8 Å². The largest absolute Gasteiger partial charge is 0.375 e. The molecule has 1 aliphatic rings. The van der Waals surface area contributed by atoms with Crippen LogP contribution in [0.2, 0.25) is 0 Å². The van der Waals surface area contributed by atoms with Crippen LogP contribution in [-0.4, -0.2) is 18.6 Å². The Labute approximate surface area is 108 Å². The average Bonchev–Trinajstić information content (AvgIpc) is 2.79. The van der Waals surface area contributed by atoms with Crippen molar-refractivity contribution in [1.29, 1.82) is 0 Å². The first kappa shape index (κ1) is 13.0. The zero-order valence-electron chi connectivity index (χ0n) is 11.0. The smallest absolute Gasteiger partial charge is 0.122 e. The lowest BCUT2D eigenvalue weighted by molar-refractivity contribution is 0.119. The summed E-state index contributed by atoms with van der Waals surface area (Å²) in [5, 5.41) is 4.73. The summed E-state index contributed by atoms with van der Waals surface area (Å²) in [6.07, 6.45) is 4.98. The second kappa shape index (κ2) is 5.94. The van der Waals surface area contributed by atoms with Gasteiger partial charge in [0.2, 0.25) is 0 Å². The fourth-order valence-electron chi connectivity index (χ4n) is 2.23. The third-order valence-corrected chi connectivity index (χ3v) is 4.60. The van der Waals surface area contributed by atoms with Crippen molar-refractivity contribution >= 4 is 11.3 Å². The molecule has 3 nitrogen and oxygen atoms in total. The number of hydrogen-bond acceptors (Lipinski definition) is 4. The van der Waals surface area contributed by atoms with Crippen molar-refractivity contribution in [2.45, 2.75) is 51.7 Å². The van der Waals surface area contributed by atoms with Gasteiger partial charge in [-0.1, -0.05) is 6.92 Å². The van der Waals surface area contributed by atoms with E-state index in [1.807, 2.05) is 11.3 Å². The minimum absolute atomic E-state index is 0.123. The molecule has 0 amide bonds. The Bertz CT molecular complexity index is 364. The maximum atomic E-state index is 5.36. The van der Waals surface area contributed by atoms with E-state index in [-0.39, 0.29) is 6.10 Å². The molecule has 0 aromatic carbocycles. The van der Waals surface area contributed by atoms with Crippen LogP contribution in [0.15, 0.2) is 0 Å². The summed E-state index contributed by atoms with van der Waals surface area (Å²) >= 11 is 1.83. The highest BCUT2D eigenvalue weighted by Gasteiger charge is 2.25. The van der Waals surface area contributed by atoms with Crippen molar-refractivity contribution in [2.75, 3.05) is 13.7 Å². The van der Waals surface area contributed by atoms with E-state index in [1.165, 1.54) is 36.3 Å². The number of hydrogen-bond donors (Lipinski definition) is 1. The Morgan fingerprint density at radius 1 is 1.59 bits per heavy atom. The SMILES string of the molecule is CCCNC1CCCc2sc(C(C)OC)nc21. The number of nitrogens with one attached hydrogen (secondary N) is 1. The van der Waals surface area contributed by atoms with Crippen LogP contribution in [-0.2, 0) is 11.2 Å². The molecule has 0 radical (unpaired) electrons. The molecule has 2 atom stereocenters. The first-order valence-electron chi connectivity index (χ1n) is 6.52. The quantitative estimate of drug-likeness (QED) is 0.876. The van der Waals surface area contributed by atoms with E-state index >= 15 is 0 Å². The van der Waals surface area contributed by atoms with Gasteiger partial charge in [-0.15, -0.1) is 11.3 Å². The summed E-state index contributed by atoms with van der Waals surface area (Å²) in [6, 6.07) is 0.466. The summed E-state index contributed by atoms with van der Waals surface area (Å²) in [7, 11) is 1.75. The number of aromatic nitrogens is 1. The molecule has 0 spiro atoms. The number of rotatable bonds is 5. The Balaban J connectivity index is 2.16. The lowest BCUT2D eigenvalue weighted by Crippen LogP contribution is -2.25. The number of aryl methyl sites for hydroxylation is 1. The number of fused-ring (bicyclic) bond motifs is 1. The molecule has 1 aromatic heterocycles. The number of methoxy groups -OCH3 is 1. The minimum atomic E-state index is 0.123. The topological polar surface area (TPSA) is 34.1 Å². The van der Waals surface area contributed by atoms with Gasteiger partial charge in [0, 0.05) is 12.0 Å². The van der Waals surface area contributed by atoms with Crippen LogP contribution in [0.5, 0.6) is 0 Å². The molecule has 1 heterocycles. The highest BCUT2D eigenvalue weighted by Crippen LogP contribution is 2.35. The molecule has 0 bridgehead atoms. The fraction of sp³-hybridized carbons (Fsp3) is 0.769. The average molecular weight is 254 g/mol. The first-order valence-corrected chi connectivity index (χ1v) is 7.33. The van der Waals surface area contributed by atoms with Crippen molar-refractivity contribution in [3.05, 3.63) is 15.6 Å². The zero-order valence-corrected chi connectivity index (χ0v) is 11.8. The van der Waals surface area contributed by atoms with Crippen LogP contribution in [0.3, 0.4) is 0 Å². The molecular formula is C13H22N2OS. The van der Waals surface area contributed by atoms with E-state index < -0.39 is 0 Å². The second-order valence-corrected chi connectivity index (χ2v) is 5.75. The number of ether oxygens (including phenoxy) is 1. The monoisotopic (exact) mass is 254 g/mol. The van der Waals surface area contributed by atoms with Crippen LogP contribution in [0, 0.1) is 0 Å². The van der Waals surface area contributed by atoms with Gasteiger partial charge in [-0.3, -0.25) is 0 Å². The van der Waals surface area contributed by atoms with Gasteiger partial charge < -0.3 is 10.1 Å². The van der Waals surface area contributed by atoms with Gasteiger partial charge in [-0.05, 0) is 39.2 Å². The molecule has 17 heavy (non-hydrogen) atoms. The van der Waals surface area contributed by atoms with Gasteiger partial charge in [0.05, 0.1) is 11.7 Å². The first-order chi connectivity index (χ1) is 8.26. The summed E-state index contributed by atoms with van der Waals surface area (Å²) in [4.78, 5) is 6.25.